The second-order valence-electron chi connectivity index (χ2n) is 9.30. The summed E-state index contributed by atoms with van der Waals surface area (Å²) in [7, 11) is 3.95. The van der Waals surface area contributed by atoms with Crippen molar-refractivity contribution in [2.75, 3.05) is 30.5 Å². The van der Waals surface area contributed by atoms with Crippen molar-refractivity contribution in [1.29, 1.82) is 0 Å². The summed E-state index contributed by atoms with van der Waals surface area (Å²) < 4.78 is 12.1. The van der Waals surface area contributed by atoms with E-state index in [9.17, 15) is 9.59 Å². The number of carbonyl (C=O) groups is 2. The number of fused-ring (bicyclic) bond motifs is 1. The molecule has 2 unspecified atom stereocenters. The third kappa shape index (κ3) is 4.85. The number of rotatable bonds is 7. The molecule has 0 fully saturated rings. The van der Waals surface area contributed by atoms with E-state index < -0.39 is 12.1 Å². The Morgan fingerprint density at radius 3 is 2.11 bits per heavy atom. The SMILES string of the molecule is CCOc1ccc(N(C(=O)c2ccccc2)C2C(=O)c3ccccc3OC2c2ccc(N(C)C)cc2)cc1. The highest BCUT2D eigenvalue weighted by Crippen LogP contribution is 2.40. The lowest BCUT2D eigenvalue weighted by Crippen LogP contribution is -2.52. The van der Waals surface area contributed by atoms with Crippen molar-refractivity contribution in [3.63, 3.8) is 0 Å². The summed E-state index contributed by atoms with van der Waals surface area (Å²) in [5.41, 5.74) is 3.35. The first-order chi connectivity index (χ1) is 18.5. The molecule has 38 heavy (non-hydrogen) atoms. The number of ketones is 1. The lowest BCUT2D eigenvalue weighted by Gasteiger charge is -2.39. The van der Waals surface area contributed by atoms with Crippen LogP contribution in [0.5, 0.6) is 11.5 Å². The molecule has 6 heteroatoms. The highest BCUT2D eigenvalue weighted by atomic mass is 16.5. The quantitative estimate of drug-likeness (QED) is 0.299. The second-order valence-corrected chi connectivity index (χ2v) is 9.30. The molecule has 1 aliphatic heterocycles. The number of nitrogens with zero attached hydrogens (tertiary/aromatic N) is 2. The minimum Gasteiger partial charge on any atom is -0.494 e. The van der Waals surface area contributed by atoms with E-state index in [0.29, 0.717) is 34.9 Å². The fourth-order valence-electron chi connectivity index (χ4n) is 4.73. The maximum Gasteiger partial charge on any atom is 0.259 e. The largest absolute Gasteiger partial charge is 0.494 e. The van der Waals surface area contributed by atoms with Crippen molar-refractivity contribution in [3.8, 4) is 11.5 Å². The van der Waals surface area contributed by atoms with Crippen molar-refractivity contribution < 1.29 is 19.1 Å². The summed E-state index contributed by atoms with van der Waals surface area (Å²) in [4.78, 5) is 31.9. The normalized spacial score (nSPS) is 16.2. The summed E-state index contributed by atoms with van der Waals surface area (Å²) in [6.07, 6.45) is -0.715. The standard InChI is InChI=1S/C32H30N2O4/c1-4-37-26-20-18-25(19-21-26)34(32(36)23-10-6-5-7-11-23)29-30(35)27-12-8-9-13-28(27)38-31(29)22-14-16-24(17-15-22)33(2)3/h5-21,29,31H,4H2,1-3H3. The van der Waals surface area contributed by atoms with Gasteiger partial charge in [0.1, 0.15) is 17.5 Å². The fraction of sp³-hybridized carbons (Fsp3) is 0.188. The Morgan fingerprint density at radius 2 is 1.45 bits per heavy atom. The lowest BCUT2D eigenvalue weighted by atomic mass is 9.89. The van der Waals surface area contributed by atoms with Gasteiger partial charge in [-0.15, -0.1) is 0 Å². The van der Waals surface area contributed by atoms with E-state index in [1.54, 1.807) is 29.2 Å². The highest BCUT2D eigenvalue weighted by Gasteiger charge is 2.44. The molecule has 2 atom stereocenters. The molecule has 1 amide bonds. The molecule has 4 aromatic rings. The number of amides is 1. The molecule has 0 N–H and O–H groups in total. The zero-order valence-electron chi connectivity index (χ0n) is 21.7. The third-order valence-corrected chi connectivity index (χ3v) is 6.64. The molecule has 0 radical (unpaired) electrons. The van der Waals surface area contributed by atoms with Gasteiger partial charge in [-0.2, -0.15) is 0 Å². The van der Waals surface area contributed by atoms with Crippen LogP contribution in [0.1, 0.15) is 39.3 Å². The van der Waals surface area contributed by atoms with Gasteiger partial charge in [0.25, 0.3) is 5.91 Å². The minimum atomic E-state index is -0.930. The van der Waals surface area contributed by atoms with Gasteiger partial charge in [-0.3, -0.25) is 14.5 Å². The van der Waals surface area contributed by atoms with Crippen molar-refractivity contribution in [2.24, 2.45) is 0 Å². The smallest absolute Gasteiger partial charge is 0.259 e. The average molecular weight is 507 g/mol. The van der Waals surface area contributed by atoms with E-state index in [0.717, 1.165) is 11.3 Å². The Labute approximate surface area is 223 Å². The summed E-state index contributed by atoms with van der Waals surface area (Å²) in [6, 6.07) is 30.4. The molecule has 0 aromatic heterocycles. The monoisotopic (exact) mass is 506 g/mol. The van der Waals surface area contributed by atoms with Crippen molar-refractivity contribution >= 4 is 23.1 Å². The highest BCUT2D eigenvalue weighted by molar-refractivity contribution is 6.14. The first kappa shape index (κ1) is 25.1. The van der Waals surface area contributed by atoms with Crippen LogP contribution >= 0.6 is 0 Å². The number of benzene rings is 4. The Hall–Kier alpha value is -4.58. The molecule has 1 heterocycles. The average Bonchev–Trinajstić information content (AvgIpc) is 2.95. The van der Waals surface area contributed by atoms with E-state index in [4.69, 9.17) is 9.47 Å². The van der Waals surface area contributed by atoms with E-state index in [-0.39, 0.29) is 11.7 Å². The van der Waals surface area contributed by atoms with E-state index in [2.05, 4.69) is 0 Å². The first-order valence-electron chi connectivity index (χ1n) is 12.7. The summed E-state index contributed by atoms with van der Waals surface area (Å²) >= 11 is 0. The molecule has 0 saturated heterocycles. The Bertz CT molecular complexity index is 1420. The number of Topliss-reactive ketones (excluding diaryl/α,β-unsaturated/α-hetero) is 1. The van der Waals surface area contributed by atoms with Crippen LogP contribution in [-0.4, -0.2) is 38.4 Å². The van der Waals surface area contributed by atoms with Crippen LogP contribution in [-0.2, 0) is 0 Å². The van der Waals surface area contributed by atoms with Crippen LogP contribution < -0.4 is 19.3 Å². The number of carbonyl (C=O) groups excluding carboxylic acids is 2. The molecule has 1 aliphatic rings. The number of anilines is 2. The zero-order valence-corrected chi connectivity index (χ0v) is 21.7. The van der Waals surface area contributed by atoms with Crippen LogP contribution in [0.25, 0.3) is 0 Å². The van der Waals surface area contributed by atoms with Gasteiger partial charge in [0.15, 0.2) is 11.9 Å². The van der Waals surface area contributed by atoms with E-state index in [1.807, 2.05) is 105 Å². The van der Waals surface area contributed by atoms with Crippen molar-refractivity contribution in [2.45, 2.75) is 19.1 Å². The Kier molecular flexibility index (Phi) is 7.13. The minimum absolute atomic E-state index is 0.174. The van der Waals surface area contributed by atoms with Gasteiger partial charge in [0, 0.05) is 31.0 Å². The molecular formula is C32H30N2O4. The van der Waals surface area contributed by atoms with Crippen molar-refractivity contribution in [3.05, 3.63) is 120 Å². The third-order valence-electron chi connectivity index (χ3n) is 6.64. The second kappa shape index (κ2) is 10.8. The van der Waals surface area contributed by atoms with E-state index >= 15 is 0 Å². The van der Waals surface area contributed by atoms with Gasteiger partial charge in [0.2, 0.25) is 0 Å². The molecule has 0 bridgehead atoms. The van der Waals surface area contributed by atoms with Gasteiger partial charge in [-0.1, -0.05) is 42.5 Å². The maximum absolute atomic E-state index is 14.2. The summed E-state index contributed by atoms with van der Waals surface area (Å²) in [5.74, 6) is 0.739. The van der Waals surface area contributed by atoms with Crippen LogP contribution in [0.15, 0.2) is 103 Å². The lowest BCUT2D eigenvalue weighted by molar-refractivity contribution is 0.0730. The van der Waals surface area contributed by atoms with Crippen LogP contribution in [0, 0.1) is 0 Å². The number of hydrogen-bond acceptors (Lipinski definition) is 5. The predicted octanol–water partition coefficient (Wildman–Crippen LogP) is 6.18. The zero-order chi connectivity index (χ0) is 26.6. The van der Waals surface area contributed by atoms with Gasteiger partial charge in [-0.05, 0) is 73.2 Å². The van der Waals surface area contributed by atoms with E-state index in [1.165, 1.54) is 0 Å². The fourth-order valence-corrected chi connectivity index (χ4v) is 4.73. The molecule has 0 spiro atoms. The first-order valence-corrected chi connectivity index (χ1v) is 12.7. The topological polar surface area (TPSA) is 59.1 Å². The molecule has 0 aliphatic carbocycles. The number of hydrogen-bond donors (Lipinski definition) is 0. The summed E-state index contributed by atoms with van der Waals surface area (Å²) in [5, 5.41) is 0. The molecule has 192 valence electrons. The summed E-state index contributed by atoms with van der Waals surface area (Å²) in [6.45, 7) is 2.45. The maximum atomic E-state index is 14.2. The van der Waals surface area contributed by atoms with Crippen LogP contribution in [0.2, 0.25) is 0 Å². The molecule has 5 rings (SSSR count). The van der Waals surface area contributed by atoms with Crippen molar-refractivity contribution in [1.82, 2.24) is 0 Å². The van der Waals surface area contributed by atoms with Gasteiger partial charge >= 0.3 is 0 Å². The molecule has 0 saturated carbocycles. The van der Waals surface area contributed by atoms with Gasteiger partial charge < -0.3 is 14.4 Å². The van der Waals surface area contributed by atoms with Crippen LogP contribution in [0.4, 0.5) is 11.4 Å². The molecular weight excluding hydrogens is 476 g/mol. The molecule has 4 aromatic carbocycles. The Morgan fingerprint density at radius 1 is 0.816 bits per heavy atom. The Balaban J connectivity index is 1.66. The number of para-hydroxylation sites is 1. The number of ether oxygens (including phenoxy) is 2. The predicted molar refractivity (Wildman–Crippen MR) is 150 cm³/mol. The van der Waals surface area contributed by atoms with Gasteiger partial charge in [0.05, 0.1) is 12.2 Å². The van der Waals surface area contributed by atoms with Crippen LogP contribution in [0.3, 0.4) is 0 Å². The van der Waals surface area contributed by atoms with Gasteiger partial charge in [-0.25, -0.2) is 0 Å². The molecule has 6 nitrogen and oxygen atoms in total.